The maximum atomic E-state index is 12.3. The van der Waals surface area contributed by atoms with Crippen LogP contribution in [-0.4, -0.2) is 66.3 Å². The van der Waals surface area contributed by atoms with Crippen molar-refractivity contribution in [2.45, 2.75) is 13.0 Å². The number of nitrogens with zero attached hydrogens (tertiary/aromatic N) is 4. The number of nitrogens with one attached hydrogen (secondary N) is 1. The Labute approximate surface area is 207 Å². The average molecular weight is 494 g/mol. The molecule has 0 aliphatic carbocycles. The highest BCUT2D eigenvalue weighted by molar-refractivity contribution is 5.80. The number of amides is 1. The second-order valence-corrected chi connectivity index (χ2v) is 7.61. The van der Waals surface area contributed by atoms with Gasteiger partial charge in [-0.1, -0.05) is 0 Å². The fourth-order valence-electron chi connectivity index (χ4n) is 3.39. The molecule has 11 heteroatoms. The van der Waals surface area contributed by atoms with Crippen molar-refractivity contribution >= 4 is 11.6 Å². The highest BCUT2D eigenvalue weighted by atomic mass is 16.5. The van der Waals surface area contributed by atoms with Gasteiger partial charge in [0, 0.05) is 11.6 Å². The minimum absolute atomic E-state index is 0.216. The molecule has 0 aliphatic heterocycles. The third-order valence-corrected chi connectivity index (χ3v) is 5.27. The largest absolute Gasteiger partial charge is 0.497 e. The van der Waals surface area contributed by atoms with Crippen molar-refractivity contribution in [3.8, 4) is 40.3 Å². The topological polar surface area (TPSA) is 118 Å². The fourth-order valence-corrected chi connectivity index (χ4v) is 3.39. The Morgan fingerprint density at radius 3 is 2.39 bits per heavy atom. The predicted molar refractivity (Wildman–Crippen MR) is 131 cm³/mol. The highest BCUT2D eigenvalue weighted by Gasteiger charge is 2.15. The van der Waals surface area contributed by atoms with E-state index in [0.717, 1.165) is 5.56 Å². The summed E-state index contributed by atoms with van der Waals surface area (Å²) in [7, 11) is 4.73. The summed E-state index contributed by atoms with van der Waals surface area (Å²) in [6.45, 7) is 2.17. The number of carbonyl (C=O) groups excluding carboxylic acids is 1. The Morgan fingerprint density at radius 2 is 1.67 bits per heavy atom. The summed E-state index contributed by atoms with van der Waals surface area (Å²) in [5, 5.41) is 15.7. The number of ether oxygens (including phenoxy) is 5. The first kappa shape index (κ1) is 24.6. The van der Waals surface area contributed by atoms with Gasteiger partial charge in [-0.3, -0.25) is 4.79 Å². The summed E-state index contributed by atoms with van der Waals surface area (Å²) >= 11 is 0. The third-order valence-electron chi connectivity index (χ3n) is 5.27. The molecule has 1 amide bonds. The SMILES string of the molecule is COc1ccc(OC(C)C(=O)NCCOc2ccc3nnc(-c4ccc(OC)c(OC)c4)n3n2)cc1. The van der Waals surface area contributed by atoms with E-state index >= 15 is 0 Å². The minimum Gasteiger partial charge on any atom is -0.497 e. The standard InChI is InChI=1S/C25H27N5O6/c1-16(36-19-8-6-18(32-2)7-9-19)25(31)26-13-14-35-23-12-11-22-27-28-24(30(22)29-23)17-5-10-20(33-3)21(15-17)34-4/h5-12,15-16H,13-14H2,1-4H3,(H,26,31). The van der Waals surface area contributed by atoms with Gasteiger partial charge in [0.05, 0.1) is 27.9 Å². The third kappa shape index (κ3) is 5.57. The first-order chi connectivity index (χ1) is 17.5. The minimum atomic E-state index is -0.672. The Bertz CT molecular complexity index is 1320. The molecule has 11 nitrogen and oxygen atoms in total. The molecule has 1 unspecified atom stereocenters. The van der Waals surface area contributed by atoms with Crippen LogP contribution in [0.25, 0.3) is 17.0 Å². The number of methoxy groups -OCH3 is 3. The normalized spacial score (nSPS) is 11.6. The van der Waals surface area contributed by atoms with E-state index in [2.05, 4.69) is 20.6 Å². The van der Waals surface area contributed by atoms with Crippen LogP contribution in [0.2, 0.25) is 0 Å². The molecule has 0 aliphatic rings. The van der Waals surface area contributed by atoms with Gasteiger partial charge in [0.25, 0.3) is 5.91 Å². The van der Waals surface area contributed by atoms with Gasteiger partial charge in [-0.15, -0.1) is 15.3 Å². The maximum absolute atomic E-state index is 12.3. The van der Waals surface area contributed by atoms with Gasteiger partial charge in [0.1, 0.15) is 18.1 Å². The monoisotopic (exact) mass is 493 g/mol. The molecule has 0 saturated carbocycles. The van der Waals surface area contributed by atoms with Gasteiger partial charge < -0.3 is 29.0 Å². The molecule has 2 aromatic heterocycles. The Morgan fingerprint density at radius 1 is 0.917 bits per heavy atom. The Hall–Kier alpha value is -4.54. The second kappa shape index (κ2) is 11.3. The van der Waals surface area contributed by atoms with E-state index < -0.39 is 6.10 Å². The number of aromatic nitrogens is 4. The highest BCUT2D eigenvalue weighted by Crippen LogP contribution is 2.31. The van der Waals surface area contributed by atoms with Crippen molar-refractivity contribution in [2.24, 2.45) is 0 Å². The lowest BCUT2D eigenvalue weighted by Gasteiger charge is -2.15. The summed E-state index contributed by atoms with van der Waals surface area (Å²) in [6, 6.07) is 15.9. The number of fused-ring (bicyclic) bond motifs is 1. The number of carbonyl (C=O) groups is 1. The first-order valence-corrected chi connectivity index (χ1v) is 11.2. The Balaban J connectivity index is 1.34. The van der Waals surface area contributed by atoms with Gasteiger partial charge in [-0.25, -0.2) is 0 Å². The molecule has 4 aromatic rings. The first-order valence-electron chi connectivity index (χ1n) is 11.2. The summed E-state index contributed by atoms with van der Waals surface area (Å²) in [4.78, 5) is 12.3. The van der Waals surface area contributed by atoms with Crippen LogP contribution in [0, 0.1) is 0 Å². The van der Waals surface area contributed by atoms with Crippen molar-refractivity contribution in [3.63, 3.8) is 0 Å². The van der Waals surface area contributed by atoms with E-state index in [1.165, 1.54) is 0 Å². The number of hydrogen-bond donors (Lipinski definition) is 1. The molecule has 0 bridgehead atoms. The van der Waals surface area contributed by atoms with E-state index in [9.17, 15) is 4.79 Å². The zero-order chi connectivity index (χ0) is 25.5. The van der Waals surface area contributed by atoms with Crippen LogP contribution in [0.1, 0.15) is 6.92 Å². The van der Waals surface area contributed by atoms with Crippen molar-refractivity contribution in [1.29, 1.82) is 0 Å². The van der Waals surface area contributed by atoms with E-state index in [4.69, 9.17) is 23.7 Å². The summed E-state index contributed by atoms with van der Waals surface area (Å²) < 4.78 is 28.8. The smallest absolute Gasteiger partial charge is 0.260 e. The van der Waals surface area contributed by atoms with Crippen molar-refractivity contribution < 1.29 is 28.5 Å². The van der Waals surface area contributed by atoms with E-state index in [-0.39, 0.29) is 19.1 Å². The van der Waals surface area contributed by atoms with Gasteiger partial charge in [-0.2, -0.15) is 4.52 Å². The zero-order valence-corrected chi connectivity index (χ0v) is 20.4. The molecule has 1 atom stereocenters. The molecule has 0 fully saturated rings. The van der Waals surface area contributed by atoms with Crippen LogP contribution in [0.5, 0.6) is 28.9 Å². The van der Waals surface area contributed by atoms with Crippen LogP contribution >= 0.6 is 0 Å². The fraction of sp³-hybridized carbons (Fsp3) is 0.280. The molecule has 4 rings (SSSR count). The number of rotatable bonds is 11. The molecule has 36 heavy (non-hydrogen) atoms. The lowest BCUT2D eigenvalue weighted by atomic mass is 10.2. The number of benzene rings is 2. The molecule has 188 valence electrons. The molecule has 0 spiro atoms. The van der Waals surface area contributed by atoms with Crippen LogP contribution < -0.4 is 29.0 Å². The molecule has 2 aromatic carbocycles. The maximum Gasteiger partial charge on any atom is 0.260 e. The van der Waals surface area contributed by atoms with Gasteiger partial charge in [0.15, 0.2) is 29.1 Å². The van der Waals surface area contributed by atoms with Crippen LogP contribution in [0.4, 0.5) is 0 Å². The van der Waals surface area contributed by atoms with Gasteiger partial charge >= 0.3 is 0 Å². The van der Waals surface area contributed by atoms with E-state index in [1.807, 2.05) is 6.07 Å². The Kier molecular flexibility index (Phi) is 7.69. The molecule has 1 N–H and O–H groups in total. The van der Waals surface area contributed by atoms with Crippen molar-refractivity contribution in [3.05, 3.63) is 54.6 Å². The molecular formula is C25H27N5O6. The summed E-state index contributed by atoms with van der Waals surface area (Å²) in [5.41, 5.74) is 1.31. The van der Waals surface area contributed by atoms with Crippen LogP contribution in [-0.2, 0) is 4.79 Å². The van der Waals surface area contributed by atoms with E-state index in [1.54, 1.807) is 81.3 Å². The van der Waals surface area contributed by atoms with Crippen molar-refractivity contribution in [2.75, 3.05) is 34.5 Å². The predicted octanol–water partition coefficient (Wildman–Crippen LogP) is 2.78. The number of hydrogen-bond acceptors (Lipinski definition) is 9. The van der Waals surface area contributed by atoms with E-state index in [0.29, 0.717) is 40.3 Å². The van der Waals surface area contributed by atoms with Gasteiger partial charge in [-0.05, 0) is 55.5 Å². The quantitative estimate of drug-likeness (QED) is 0.315. The second-order valence-electron chi connectivity index (χ2n) is 7.61. The lowest BCUT2D eigenvalue weighted by Crippen LogP contribution is -2.38. The average Bonchev–Trinajstić information content (AvgIpc) is 3.34. The van der Waals surface area contributed by atoms with Crippen molar-refractivity contribution in [1.82, 2.24) is 25.1 Å². The molecule has 0 saturated heterocycles. The van der Waals surface area contributed by atoms with Gasteiger partial charge in [0.2, 0.25) is 5.88 Å². The zero-order valence-electron chi connectivity index (χ0n) is 20.4. The molecular weight excluding hydrogens is 466 g/mol. The van der Waals surface area contributed by atoms with Crippen LogP contribution in [0.3, 0.4) is 0 Å². The lowest BCUT2D eigenvalue weighted by molar-refractivity contribution is -0.127. The molecule has 0 radical (unpaired) electrons. The summed E-state index contributed by atoms with van der Waals surface area (Å²) in [6.07, 6.45) is -0.672. The summed E-state index contributed by atoms with van der Waals surface area (Å²) in [5.74, 6) is 3.09. The molecule has 2 heterocycles. The van der Waals surface area contributed by atoms with Crippen LogP contribution in [0.15, 0.2) is 54.6 Å².